The number of nitrogens with one attached hydrogen (secondary N) is 2. The van der Waals surface area contributed by atoms with E-state index >= 15 is 0 Å². The highest BCUT2D eigenvalue weighted by atomic mass is 16.2. The Bertz CT molecular complexity index is 419. The van der Waals surface area contributed by atoms with Crippen LogP contribution in [-0.2, 0) is 0 Å². The number of hydrogen-bond donors (Lipinski definition) is 2. The minimum Gasteiger partial charge on any atom is -0.345 e. The lowest BCUT2D eigenvalue weighted by atomic mass is 10.2. The molecule has 0 unspecified atom stereocenters. The average molecular weight is 221 g/mol. The molecule has 0 radical (unpaired) electrons. The third-order valence-electron chi connectivity index (χ3n) is 3.29. The maximum atomic E-state index is 11.8. The van der Waals surface area contributed by atoms with Crippen molar-refractivity contribution in [2.75, 3.05) is 13.1 Å². The van der Waals surface area contributed by atoms with Gasteiger partial charge in [0.25, 0.3) is 5.91 Å². The summed E-state index contributed by atoms with van der Waals surface area (Å²) in [4.78, 5) is 11.8. The van der Waals surface area contributed by atoms with E-state index in [1.54, 1.807) is 10.9 Å². The molecule has 2 heterocycles. The number of carbonyl (C=O) groups is 1. The second-order valence-corrected chi connectivity index (χ2v) is 4.91. The van der Waals surface area contributed by atoms with E-state index in [0.717, 1.165) is 25.9 Å². The molecule has 2 fully saturated rings. The normalized spacial score (nSPS) is 22.6. The zero-order valence-electron chi connectivity index (χ0n) is 9.23. The summed E-state index contributed by atoms with van der Waals surface area (Å²) in [5.74, 6) is -0.112. The monoisotopic (exact) mass is 221 g/mol. The standard InChI is InChI=1S/C10H15N5O/c1-10(2-3-10)12-9(16)8-6-15(14-13-8)7-4-11-5-7/h6-7,11H,2-5H2,1H3,(H,12,16). The molecule has 0 aromatic carbocycles. The number of hydrogen-bond acceptors (Lipinski definition) is 4. The molecular weight excluding hydrogens is 206 g/mol. The van der Waals surface area contributed by atoms with E-state index in [9.17, 15) is 4.79 Å². The quantitative estimate of drug-likeness (QED) is 0.735. The molecule has 1 aromatic rings. The zero-order valence-corrected chi connectivity index (χ0v) is 9.23. The first-order valence-electron chi connectivity index (χ1n) is 5.61. The van der Waals surface area contributed by atoms with Crippen molar-refractivity contribution >= 4 is 5.91 Å². The summed E-state index contributed by atoms with van der Waals surface area (Å²) in [6.07, 6.45) is 3.84. The predicted octanol–water partition coefficient (Wildman–Crippen LogP) is -0.295. The molecule has 1 aliphatic heterocycles. The van der Waals surface area contributed by atoms with Gasteiger partial charge < -0.3 is 10.6 Å². The Labute approximate surface area is 93.4 Å². The van der Waals surface area contributed by atoms with Crippen LogP contribution in [0.15, 0.2) is 6.20 Å². The predicted molar refractivity (Wildman–Crippen MR) is 57.0 cm³/mol. The molecule has 0 spiro atoms. The van der Waals surface area contributed by atoms with Crippen LogP contribution in [0.1, 0.15) is 36.3 Å². The molecule has 2 N–H and O–H groups in total. The molecular formula is C10H15N5O. The third kappa shape index (κ3) is 1.69. The van der Waals surface area contributed by atoms with E-state index in [1.807, 2.05) is 6.92 Å². The van der Waals surface area contributed by atoms with Gasteiger partial charge in [-0.1, -0.05) is 5.21 Å². The Morgan fingerprint density at radius 1 is 1.62 bits per heavy atom. The van der Waals surface area contributed by atoms with Crippen LogP contribution in [-0.4, -0.2) is 39.5 Å². The van der Waals surface area contributed by atoms with E-state index in [4.69, 9.17) is 0 Å². The minimum absolute atomic E-state index is 0.00110. The molecule has 1 amide bonds. The van der Waals surface area contributed by atoms with Crippen molar-refractivity contribution in [3.63, 3.8) is 0 Å². The van der Waals surface area contributed by atoms with Crippen molar-refractivity contribution in [3.8, 4) is 0 Å². The number of rotatable bonds is 3. The summed E-state index contributed by atoms with van der Waals surface area (Å²) in [6, 6.07) is 0.352. The number of nitrogens with zero attached hydrogens (tertiary/aromatic N) is 3. The lowest BCUT2D eigenvalue weighted by Gasteiger charge is -2.26. The van der Waals surface area contributed by atoms with Crippen LogP contribution in [0.4, 0.5) is 0 Å². The summed E-state index contributed by atoms with van der Waals surface area (Å²) in [6.45, 7) is 3.86. The molecule has 0 atom stereocenters. The van der Waals surface area contributed by atoms with Crippen LogP contribution < -0.4 is 10.6 Å². The van der Waals surface area contributed by atoms with Gasteiger partial charge in [-0.25, -0.2) is 4.68 Å². The summed E-state index contributed by atoms with van der Waals surface area (Å²) in [7, 11) is 0. The fraction of sp³-hybridized carbons (Fsp3) is 0.700. The van der Waals surface area contributed by atoms with E-state index in [2.05, 4.69) is 20.9 Å². The largest absolute Gasteiger partial charge is 0.345 e. The molecule has 6 heteroatoms. The van der Waals surface area contributed by atoms with Crippen molar-refractivity contribution in [2.45, 2.75) is 31.3 Å². The summed E-state index contributed by atoms with van der Waals surface area (Å²) >= 11 is 0. The number of aromatic nitrogens is 3. The maximum Gasteiger partial charge on any atom is 0.273 e. The molecule has 6 nitrogen and oxygen atoms in total. The summed E-state index contributed by atoms with van der Waals surface area (Å²) in [5, 5.41) is 14.0. The van der Waals surface area contributed by atoms with E-state index in [1.165, 1.54) is 0 Å². The first-order valence-corrected chi connectivity index (χ1v) is 5.61. The number of carbonyl (C=O) groups excluding carboxylic acids is 1. The molecule has 86 valence electrons. The van der Waals surface area contributed by atoms with Gasteiger partial charge in [0.2, 0.25) is 0 Å². The first kappa shape index (κ1) is 9.77. The first-order chi connectivity index (χ1) is 7.66. The van der Waals surface area contributed by atoms with Gasteiger partial charge in [-0.05, 0) is 19.8 Å². The van der Waals surface area contributed by atoms with Crippen molar-refractivity contribution in [2.24, 2.45) is 0 Å². The van der Waals surface area contributed by atoms with Crippen LogP contribution in [0.25, 0.3) is 0 Å². The Kier molecular flexibility index (Phi) is 2.00. The van der Waals surface area contributed by atoms with Gasteiger partial charge in [0, 0.05) is 18.6 Å². The molecule has 0 bridgehead atoms. The Morgan fingerprint density at radius 3 is 2.94 bits per heavy atom. The van der Waals surface area contributed by atoms with Crippen molar-refractivity contribution in [3.05, 3.63) is 11.9 Å². The van der Waals surface area contributed by atoms with Crippen LogP contribution in [0.5, 0.6) is 0 Å². The second-order valence-electron chi connectivity index (χ2n) is 4.91. The summed E-state index contributed by atoms with van der Waals surface area (Å²) < 4.78 is 1.76. The average Bonchev–Trinajstić information content (AvgIpc) is 2.72. The topological polar surface area (TPSA) is 71.8 Å². The van der Waals surface area contributed by atoms with Gasteiger partial charge in [-0.2, -0.15) is 0 Å². The van der Waals surface area contributed by atoms with Crippen molar-refractivity contribution in [1.29, 1.82) is 0 Å². The van der Waals surface area contributed by atoms with Crippen LogP contribution >= 0.6 is 0 Å². The molecule has 1 aromatic heterocycles. The van der Waals surface area contributed by atoms with Gasteiger partial charge >= 0.3 is 0 Å². The lowest BCUT2D eigenvalue weighted by molar-refractivity contribution is 0.0930. The molecule has 1 aliphatic carbocycles. The smallest absolute Gasteiger partial charge is 0.273 e. The van der Waals surface area contributed by atoms with Crippen LogP contribution in [0.3, 0.4) is 0 Å². The Morgan fingerprint density at radius 2 is 2.38 bits per heavy atom. The van der Waals surface area contributed by atoms with Gasteiger partial charge in [0.15, 0.2) is 5.69 Å². The van der Waals surface area contributed by atoms with Crippen LogP contribution in [0.2, 0.25) is 0 Å². The molecule has 16 heavy (non-hydrogen) atoms. The van der Waals surface area contributed by atoms with E-state index in [0.29, 0.717) is 11.7 Å². The molecule has 2 aliphatic rings. The minimum atomic E-state index is -0.112. The van der Waals surface area contributed by atoms with Gasteiger partial charge in [0.05, 0.1) is 12.2 Å². The fourth-order valence-corrected chi connectivity index (χ4v) is 1.67. The fourth-order valence-electron chi connectivity index (χ4n) is 1.67. The van der Waals surface area contributed by atoms with Gasteiger partial charge in [-0.15, -0.1) is 5.10 Å². The van der Waals surface area contributed by atoms with Crippen molar-refractivity contribution in [1.82, 2.24) is 25.6 Å². The highest BCUT2D eigenvalue weighted by Gasteiger charge is 2.39. The highest BCUT2D eigenvalue weighted by Crippen LogP contribution is 2.34. The summed E-state index contributed by atoms with van der Waals surface area (Å²) in [5.41, 5.74) is 0.416. The molecule has 1 saturated heterocycles. The zero-order chi connectivity index (χ0) is 11.2. The number of amides is 1. The molecule has 3 rings (SSSR count). The van der Waals surface area contributed by atoms with E-state index < -0.39 is 0 Å². The second kappa shape index (κ2) is 3.28. The molecule has 1 saturated carbocycles. The van der Waals surface area contributed by atoms with Gasteiger partial charge in [0.1, 0.15) is 0 Å². The van der Waals surface area contributed by atoms with Crippen LogP contribution in [0, 0.1) is 0 Å². The Balaban J connectivity index is 1.68. The lowest BCUT2D eigenvalue weighted by Crippen LogP contribution is -2.43. The van der Waals surface area contributed by atoms with E-state index in [-0.39, 0.29) is 11.4 Å². The SMILES string of the molecule is CC1(NC(=O)c2cn(C3CNC3)nn2)CC1. The van der Waals surface area contributed by atoms with Crippen molar-refractivity contribution < 1.29 is 4.79 Å². The van der Waals surface area contributed by atoms with Gasteiger partial charge in [-0.3, -0.25) is 4.79 Å². The highest BCUT2D eigenvalue weighted by molar-refractivity contribution is 5.92. The third-order valence-corrected chi connectivity index (χ3v) is 3.29. The Hall–Kier alpha value is -1.43. The maximum absolute atomic E-state index is 11.8.